The number of ether oxygens (including phenoxy) is 1. The van der Waals surface area contributed by atoms with E-state index in [2.05, 4.69) is 5.32 Å². The number of aliphatic carboxylic acids is 1. The zero-order chi connectivity index (χ0) is 22.7. The second kappa shape index (κ2) is 8.91. The third-order valence-corrected chi connectivity index (χ3v) is 5.01. The van der Waals surface area contributed by atoms with Gasteiger partial charge >= 0.3 is 5.97 Å². The SMILES string of the molecule is C/C=C(/C=C(C)/C=C(C)/C=C/C=C(\C)C(=O)[C@]12O[C@@H]1[C@@](O)(CCO)NC2=O)C(=O)O. The molecular weight excluding hydrogens is 390 g/mol. The first-order valence-corrected chi connectivity index (χ1v) is 9.51. The normalized spacial score (nSPS) is 29.8. The molecule has 0 radical (unpaired) electrons. The number of amides is 1. The lowest BCUT2D eigenvalue weighted by Gasteiger charge is -2.22. The number of aliphatic hydroxyl groups excluding tert-OH is 1. The maximum absolute atomic E-state index is 12.7. The Bertz CT molecular complexity index is 908. The first-order valence-electron chi connectivity index (χ1n) is 9.51. The lowest BCUT2D eigenvalue weighted by Crippen LogP contribution is -2.48. The lowest BCUT2D eigenvalue weighted by molar-refractivity contribution is -0.138. The molecule has 3 atom stereocenters. The molecule has 2 aliphatic rings. The molecule has 2 saturated heterocycles. The Kier molecular flexibility index (Phi) is 6.97. The zero-order valence-electron chi connectivity index (χ0n) is 17.4. The Hall–Kier alpha value is -2.81. The van der Waals surface area contributed by atoms with Gasteiger partial charge in [-0.3, -0.25) is 9.59 Å². The van der Waals surface area contributed by atoms with Crippen LogP contribution in [0.4, 0.5) is 0 Å². The number of allylic oxidation sites excluding steroid dienone is 7. The fourth-order valence-corrected chi connectivity index (χ4v) is 3.43. The van der Waals surface area contributed by atoms with Crippen molar-refractivity contribution in [3.05, 3.63) is 58.7 Å². The Labute approximate surface area is 174 Å². The van der Waals surface area contributed by atoms with Crippen molar-refractivity contribution < 1.29 is 34.4 Å². The van der Waals surface area contributed by atoms with Gasteiger partial charge in [-0.15, -0.1) is 0 Å². The molecule has 0 saturated carbocycles. The molecule has 0 aromatic rings. The van der Waals surface area contributed by atoms with Crippen LogP contribution < -0.4 is 5.32 Å². The number of Topliss-reactive ketones (excluding diaryl/α,β-unsaturated/α-hetero) is 1. The van der Waals surface area contributed by atoms with E-state index in [1.54, 1.807) is 45.1 Å². The van der Waals surface area contributed by atoms with E-state index in [1.807, 2.05) is 6.92 Å². The van der Waals surface area contributed by atoms with Crippen LogP contribution in [0.15, 0.2) is 58.7 Å². The second-order valence-corrected chi connectivity index (χ2v) is 7.45. The van der Waals surface area contributed by atoms with E-state index in [0.29, 0.717) is 0 Å². The summed E-state index contributed by atoms with van der Waals surface area (Å²) >= 11 is 0. The van der Waals surface area contributed by atoms with Crippen LogP contribution in [-0.2, 0) is 19.1 Å². The largest absolute Gasteiger partial charge is 0.478 e. The quantitative estimate of drug-likeness (QED) is 0.192. The highest BCUT2D eigenvalue weighted by atomic mass is 16.6. The number of carbonyl (C=O) groups is 3. The molecule has 4 N–H and O–H groups in total. The molecule has 0 spiro atoms. The van der Waals surface area contributed by atoms with Crippen LogP contribution >= 0.6 is 0 Å². The van der Waals surface area contributed by atoms with Gasteiger partial charge in [0, 0.05) is 13.0 Å². The molecule has 8 nitrogen and oxygen atoms in total. The number of nitrogens with one attached hydrogen (secondary N) is 1. The summed E-state index contributed by atoms with van der Waals surface area (Å²) in [5.41, 5.74) is -1.43. The van der Waals surface area contributed by atoms with Crippen molar-refractivity contribution in [3.8, 4) is 0 Å². The van der Waals surface area contributed by atoms with Crippen molar-refractivity contribution in [1.82, 2.24) is 5.32 Å². The lowest BCUT2D eigenvalue weighted by atomic mass is 9.92. The molecule has 2 aliphatic heterocycles. The van der Waals surface area contributed by atoms with Crippen molar-refractivity contribution in [2.24, 2.45) is 0 Å². The van der Waals surface area contributed by atoms with Crippen molar-refractivity contribution in [1.29, 1.82) is 0 Å². The molecule has 2 heterocycles. The van der Waals surface area contributed by atoms with Crippen LogP contribution in [0.2, 0.25) is 0 Å². The van der Waals surface area contributed by atoms with Crippen LogP contribution in [0.25, 0.3) is 0 Å². The van der Waals surface area contributed by atoms with E-state index in [0.717, 1.165) is 11.1 Å². The number of hydrogen-bond donors (Lipinski definition) is 4. The molecule has 0 aromatic carbocycles. The minimum atomic E-state index is -1.75. The average molecular weight is 417 g/mol. The maximum atomic E-state index is 12.7. The summed E-state index contributed by atoms with van der Waals surface area (Å²) in [6.07, 6.45) is 8.63. The predicted octanol–water partition coefficient (Wildman–Crippen LogP) is 1.32. The highest BCUT2D eigenvalue weighted by molar-refractivity contribution is 6.21. The summed E-state index contributed by atoms with van der Waals surface area (Å²) in [7, 11) is 0. The minimum absolute atomic E-state index is 0.130. The van der Waals surface area contributed by atoms with Crippen molar-refractivity contribution in [2.45, 2.75) is 51.5 Å². The van der Waals surface area contributed by atoms with E-state index < -0.39 is 35.1 Å². The molecule has 2 fully saturated rings. The fourth-order valence-electron chi connectivity index (χ4n) is 3.43. The highest BCUT2D eigenvalue weighted by Gasteiger charge is 2.80. The monoisotopic (exact) mass is 417 g/mol. The maximum Gasteiger partial charge on any atom is 0.335 e. The molecule has 0 unspecified atom stereocenters. The Balaban J connectivity index is 2.09. The topological polar surface area (TPSA) is 136 Å². The summed E-state index contributed by atoms with van der Waals surface area (Å²) in [5.74, 6) is -2.25. The molecule has 30 heavy (non-hydrogen) atoms. The van der Waals surface area contributed by atoms with Crippen molar-refractivity contribution >= 4 is 17.7 Å². The number of ketones is 1. The van der Waals surface area contributed by atoms with Gasteiger partial charge in [-0.2, -0.15) is 0 Å². The van der Waals surface area contributed by atoms with Gasteiger partial charge in [0.05, 0.1) is 5.57 Å². The number of carboxylic acid groups (broad SMARTS) is 1. The number of rotatable bonds is 9. The summed E-state index contributed by atoms with van der Waals surface area (Å²) < 4.78 is 5.29. The number of fused-ring (bicyclic) bond motifs is 1. The molecule has 162 valence electrons. The average Bonchev–Trinajstić information content (AvgIpc) is 3.38. The number of carbonyl (C=O) groups excluding carboxylic acids is 2. The van der Waals surface area contributed by atoms with Gasteiger partial charge < -0.3 is 25.4 Å². The minimum Gasteiger partial charge on any atom is -0.478 e. The molecule has 1 amide bonds. The standard InChI is InChI=1S/C22H27NO7/c1-5-16(18(26)27)12-14(3)11-13(2)7-6-8-15(4)17(25)22-19(30-22)21(29,9-10-24)23-20(22)28/h5-8,11-12,19,24,29H,9-10H2,1-4H3,(H,23,28)(H,26,27)/b7-6+,13-11+,14-12+,15-8+,16-5-/t19-,21+,22+/m1/s1. The number of hydrogen-bond acceptors (Lipinski definition) is 6. The van der Waals surface area contributed by atoms with E-state index in [9.17, 15) is 19.5 Å². The fraction of sp³-hybridized carbons (Fsp3) is 0.409. The van der Waals surface area contributed by atoms with Gasteiger partial charge in [0.2, 0.25) is 11.4 Å². The Morgan fingerprint density at radius 2 is 1.87 bits per heavy atom. The summed E-state index contributed by atoms with van der Waals surface area (Å²) in [6.45, 7) is 6.45. The molecule has 8 heteroatoms. The van der Waals surface area contributed by atoms with Crippen LogP contribution in [0, 0.1) is 0 Å². The highest BCUT2D eigenvalue weighted by Crippen LogP contribution is 2.50. The Morgan fingerprint density at radius 1 is 1.20 bits per heavy atom. The van der Waals surface area contributed by atoms with Crippen LogP contribution in [0.3, 0.4) is 0 Å². The zero-order valence-corrected chi connectivity index (χ0v) is 17.4. The summed E-state index contributed by atoms with van der Waals surface area (Å²) in [4.78, 5) is 36.0. The number of aliphatic hydroxyl groups is 2. The number of epoxide rings is 1. The molecule has 0 aromatic heterocycles. The molecular formula is C22H27NO7. The smallest absolute Gasteiger partial charge is 0.335 e. The van der Waals surface area contributed by atoms with Gasteiger partial charge in [-0.05, 0) is 39.3 Å². The second-order valence-electron chi connectivity index (χ2n) is 7.45. The van der Waals surface area contributed by atoms with Crippen molar-refractivity contribution in [3.63, 3.8) is 0 Å². The summed E-state index contributed by atoms with van der Waals surface area (Å²) in [6, 6.07) is 0. The van der Waals surface area contributed by atoms with Crippen molar-refractivity contribution in [2.75, 3.05) is 6.61 Å². The van der Waals surface area contributed by atoms with Gasteiger partial charge in [0.25, 0.3) is 5.91 Å². The van der Waals surface area contributed by atoms with Crippen LogP contribution in [0.5, 0.6) is 0 Å². The van der Waals surface area contributed by atoms with E-state index in [4.69, 9.17) is 14.9 Å². The van der Waals surface area contributed by atoms with Gasteiger partial charge in [0.15, 0.2) is 11.8 Å². The summed E-state index contributed by atoms with van der Waals surface area (Å²) in [5, 5.41) is 30.8. The van der Waals surface area contributed by atoms with Gasteiger partial charge in [0.1, 0.15) is 0 Å². The van der Waals surface area contributed by atoms with Gasteiger partial charge in [-0.25, -0.2) is 4.79 Å². The molecule has 0 bridgehead atoms. The number of carboxylic acids is 1. The van der Waals surface area contributed by atoms with E-state index >= 15 is 0 Å². The van der Waals surface area contributed by atoms with E-state index in [1.165, 1.54) is 12.2 Å². The third-order valence-electron chi connectivity index (χ3n) is 5.01. The Morgan fingerprint density at radius 3 is 2.40 bits per heavy atom. The number of morpholine rings is 1. The van der Waals surface area contributed by atoms with E-state index in [-0.39, 0.29) is 24.2 Å². The molecule has 0 aliphatic carbocycles. The first-order chi connectivity index (χ1) is 14.0. The first kappa shape index (κ1) is 23.5. The van der Waals surface area contributed by atoms with Crippen LogP contribution in [-0.4, -0.2) is 57.0 Å². The van der Waals surface area contributed by atoms with Gasteiger partial charge in [-0.1, -0.05) is 41.5 Å². The third kappa shape index (κ3) is 4.51. The van der Waals surface area contributed by atoms with Crippen LogP contribution in [0.1, 0.15) is 34.1 Å². The molecule has 2 rings (SSSR count). The predicted molar refractivity (Wildman–Crippen MR) is 109 cm³/mol.